The van der Waals surface area contributed by atoms with Crippen molar-refractivity contribution in [3.63, 3.8) is 0 Å². The van der Waals surface area contributed by atoms with Crippen LogP contribution in [-0.4, -0.2) is 68.9 Å². The number of aliphatic carboxylic acids is 1. The summed E-state index contributed by atoms with van der Waals surface area (Å²) in [7, 11) is 1.64. The SMILES string of the molecule is COCc1cccc(CC(O)/C=C/[C@H]2[C@@H](O)CC(=O)[C@@H]2SCCCSCC(=O)O)c1. The average molecular weight is 455 g/mol. The van der Waals surface area contributed by atoms with Crippen molar-refractivity contribution in [1.82, 2.24) is 0 Å². The number of hydrogen-bond donors (Lipinski definition) is 3. The molecule has 0 saturated heterocycles. The van der Waals surface area contributed by atoms with Gasteiger partial charge in [0, 0.05) is 25.9 Å². The van der Waals surface area contributed by atoms with Crippen molar-refractivity contribution < 1.29 is 29.6 Å². The van der Waals surface area contributed by atoms with Gasteiger partial charge < -0.3 is 20.1 Å². The summed E-state index contributed by atoms with van der Waals surface area (Å²) in [6, 6.07) is 7.85. The van der Waals surface area contributed by atoms with E-state index in [4.69, 9.17) is 9.84 Å². The van der Waals surface area contributed by atoms with Crippen LogP contribution in [-0.2, 0) is 27.4 Å². The molecule has 1 aromatic rings. The van der Waals surface area contributed by atoms with Crippen LogP contribution >= 0.6 is 23.5 Å². The number of carbonyl (C=O) groups is 2. The van der Waals surface area contributed by atoms with E-state index in [9.17, 15) is 19.8 Å². The van der Waals surface area contributed by atoms with Gasteiger partial charge in [0.25, 0.3) is 0 Å². The molecule has 0 amide bonds. The normalized spacial score (nSPS) is 22.6. The Kier molecular flexibility index (Phi) is 11.0. The van der Waals surface area contributed by atoms with Crippen molar-refractivity contribution in [2.24, 2.45) is 5.92 Å². The van der Waals surface area contributed by atoms with Crippen LogP contribution in [0.5, 0.6) is 0 Å². The first-order chi connectivity index (χ1) is 14.4. The van der Waals surface area contributed by atoms with Crippen LogP contribution in [0, 0.1) is 5.92 Å². The first-order valence-corrected chi connectivity index (χ1v) is 12.2. The van der Waals surface area contributed by atoms with Crippen LogP contribution in [0.15, 0.2) is 36.4 Å². The highest BCUT2D eigenvalue weighted by Gasteiger charge is 2.40. The number of carboxylic acids is 1. The molecule has 0 spiro atoms. The first kappa shape index (κ1) is 24.9. The maximum absolute atomic E-state index is 12.3. The van der Waals surface area contributed by atoms with Gasteiger partial charge in [0.05, 0.1) is 29.8 Å². The van der Waals surface area contributed by atoms with Crippen LogP contribution < -0.4 is 0 Å². The van der Waals surface area contributed by atoms with Crippen molar-refractivity contribution in [3.8, 4) is 0 Å². The zero-order chi connectivity index (χ0) is 21.9. The molecular formula is C22H30O6S2. The Bertz CT molecular complexity index is 723. The lowest BCUT2D eigenvalue weighted by Crippen LogP contribution is -2.22. The summed E-state index contributed by atoms with van der Waals surface area (Å²) in [4.78, 5) is 22.8. The molecule has 0 heterocycles. The number of carbonyl (C=O) groups excluding carboxylic acids is 1. The van der Waals surface area contributed by atoms with Crippen LogP contribution in [0.4, 0.5) is 0 Å². The largest absolute Gasteiger partial charge is 0.481 e. The number of aliphatic hydroxyl groups excluding tert-OH is 2. The highest BCUT2D eigenvalue weighted by atomic mass is 32.2. The van der Waals surface area contributed by atoms with Crippen molar-refractivity contribution >= 4 is 35.3 Å². The molecule has 1 aliphatic carbocycles. The molecule has 1 aliphatic rings. The topological polar surface area (TPSA) is 104 Å². The zero-order valence-electron chi connectivity index (χ0n) is 17.1. The Morgan fingerprint density at radius 2 is 2.10 bits per heavy atom. The Hall–Kier alpha value is -1.32. The molecule has 2 rings (SSSR count). The van der Waals surface area contributed by atoms with Gasteiger partial charge in [-0.25, -0.2) is 0 Å². The number of carboxylic acid groups (broad SMARTS) is 1. The Balaban J connectivity index is 1.85. The zero-order valence-corrected chi connectivity index (χ0v) is 18.7. The number of aliphatic hydroxyl groups is 2. The monoisotopic (exact) mass is 454 g/mol. The van der Waals surface area contributed by atoms with E-state index < -0.39 is 18.2 Å². The third-order valence-corrected chi connectivity index (χ3v) is 7.27. The maximum Gasteiger partial charge on any atom is 0.313 e. The van der Waals surface area contributed by atoms with Crippen molar-refractivity contribution in [1.29, 1.82) is 0 Å². The Morgan fingerprint density at radius 3 is 2.83 bits per heavy atom. The van der Waals surface area contributed by atoms with Crippen molar-refractivity contribution in [2.45, 2.75) is 43.3 Å². The number of thioether (sulfide) groups is 2. The molecule has 1 saturated carbocycles. The minimum absolute atomic E-state index is 0.0297. The summed E-state index contributed by atoms with van der Waals surface area (Å²) in [5.74, 6) is 0.435. The number of ether oxygens (including phenoxy) is 1. The molecular weight excluding hydrogens is 424 g/mol. The minimum Gasteiger partial charge on any atom is -0.481 e. The van der Waals surface area contributed by atoms with Crippen LogP contribution in [0.25, 0.3) is 0 Å². The second-order valence-electron chi connectivity index (χ2n) is 7.32. The van der Waals surface area contributed by atoms with E-state index in [1.165, 1.54) is 23.5 Å². The molecule has 1 aromatic carbocycles. The number of methoxy groups -OCH3 is 1. The lowest BCUT2D eigenvalue weighted by atomic mass is 10.0. The standard InChI is InChI=1S/C22H30O6S2/c1-28-13-16-5-2-4-15(10-16)11-17(23)6-7-18-19(24)12-20(25)22(18)30-9-3-8-29-14-21(26)27/h2,4-7,10,17-19,22-24H,3,8-9,11-14H2,1H3,(H,26,27)/b7-6+/t17?,18-,19-,22+/m0/s1. The molecule has 0 radical (unpaired) electrons. The third-order valence-electron chi connectivity index (χ3n) is 4.78. The van der Waals surface area contributed by atoms with E-state index in [0.29, 0.717) is 13.0 Å². The molecule has 0 aliphatic heterocycles. The second-order valence-corrected chi connectivity index (χ2v) is 9.67. The van der Waals surface area contributed by atoms with Crippen molar-refractivity contribution in [2.75, 3.05) is 24.4 Å². The maximum atomic E-state index is 12.3. The molecule has 4 atom stereocenters. The fraction of sp³-hybridized carbons (Fsp3) is 0.545. The summed E-state index contributed by atoms with van der Waals surface area (Å²) < 4.78 is 5.13. The fourth-order valence-electron chi connectivity index (χ4n) is 3.42. The molecule has 1 unspecified atom stereocenters. The third kappa shape index (κ3) is 8.43. The Morgan fingerprint density at radius 1 is 1.33 bits per heavy atom. The van der Waals surface area contributed by atoms with Gasteiger partial charge in [-0.2, -0.15) is 11.8 Å². The lowest BCUT2D eigenvalue weighted by molar-refractivity contribution is -0.133. The molecule has 30 heavy (non-hydrogen) atoms. The lowest BCUT2D eigenvalue weighted by Gasteiger charge is -2.17. The number of ketones is 1. The molecule has 1 fully saturated rings. The summed E-state index contributed by atoms with van der Waals surface area (Å²) in [5, 5.41) is 29.0. The van der Waals surface area contributed by atoms with E-state index in [1.54, 1.807) is 19.3 Å². The van der Waals surface area contributed by atoms with Gasteiger partial charge in [-0.15, -0.1) is 11.8 Å². The van der Waals surface area contributed by atoms with Crippen LogP contribution in [0.3, 0.4) is 0 Å². The summed E-state index contributed by atoms with van der Waals surface area (Å²) in [6.07, 6.45) is 3.40. The van der Waals surface area contributed by atoms with Gasteiger partial charge in [-0.1, -0.05) is 36.4 Å². The van der Waals surface area contributed by atoms with Crippen LogP contribution in [0.2, 0.25) is 0 Å². The number of rotatable bonds is 13. The van der Waals surface area contributed by atoms with Crippen molar-refractivity contribution in [3.05, 3.63) is 47.5 Å². The quantitative estimate of drug-likeness (QED) is 0.309. The predicted octanol–water partition coefficient (Wildman–Crippen LogP) is 2.55. The summed E-state index contributed by atoms with van der Waals surface area (Å²) in [6.45, 7) is 0.518. The Labute approximate surface area is 186 Å². The first-order valence-electron chi connectivity index (χ1n) is 9.95. The van der Waals surface area contributed by atoms with E-state index in [-0.39, 0.29) is 29.1 Å². The van der Waals surface area contributed by atoms with Gasteiger partial charge in [0.1, 0.15) is 5.78 Å². The number of Topliss-reactive ketones (excluding diaryl/α,β-unsaturated/α-hetero) is 1. The molecule has 0 bridgehead atoms. The molecule has 166 valence electrons. The summed E-state index contributed by atoms with van der Waals surface area (Å²) in [5.41, 5.74) is 2.04. The predicted molar refractivity (Wildman–Crippen MR) is 121 cm³/mol. The van der Waals surface area contributed by atoms with E-state index in [1.807, 2.05) is 24.3 Å². The van der Waals surface area contributed by atoms with E-state index in [0.717, 1.165) is 29.1 Å². The molecule has 6 nitrogen and oxygen atoms in total. The second kappa shape index (κ2) is 13.2. The number of hydrogen-bond acceptors (Lipinski definition) is 7. The molecule has 3 N–H and O–H groups in total. The van der Waals surface area contributed by atoms with Crippen LogP contribution in [0.1, 0.15) is 24.0 Å². The van der Waals surface area contributed by atoms with Gasteiger partial charge in [-0.3, -0.25) is 9.59 Å². The average Bonchev–Trinajstić information content (AvgIpc) is 2.95. The van der Waals surface area contributed by atoms with Gasteiger partial charge in [-0.05, 0) is 29.1 Å². The van der Waals surface area contributed by atoms with Gasteiger partial charge >= 0.3 is 5.97 Å². The smallest absolute Gasteiger partial charge is 0.313 e. The van der Waals surface area contributed by atoms with E-state index in [2.05, 4.69) is 0 Å². The van der Waals surface area contributed by atoms with Gasteiger partial charge in [0.15, 0.2) is 0 Å². The highest BCUT2D eigenvalue weighted by molar-refractivity contribution is 8.01. The van der Waals surface area contributed by atoms with E-state index >= 15 is 0 Å². The minimum atomic E-state index is -0.823. The molecule has 8 heteroatoms. The fourth-order valence-corrected chi connectivity index (χ4v) is 5.61. The summed E-state index contributed by atoms with van der Waals surface area (Å²) >= 11 is 2.87. The highest BCUT2D eigenvalue weighted by Crippen LogP contribution is 2.34. The molecule has 0 aromatic heterocycles. The van der Waals surface area contributed by atoms with Gasteiger partial charge in [0.2, 0.25) is 0 Å². The number of benzene rings is 1.